The van der Waals surface area contributed by atoms with E-state index in [2.05, 4.69) is 21.0 Å². The van der Waals surface area contributed by atoms with Gasteiger partial charge in [0.2, 0.25) is 0 Å². The highest BCUT2D eigenvalue weighted by atomic mass is 79.9. The molecule has 1 unspecified atom stereocenters. The Hall–Kier alpha value is -0.590. The van der Waals surface area contributed by atoms with Crippen molar-refractivity contribution in [3.63, 3.8) is 0 Å². The number of benzene rings is 1. The average molecular weight is 380 g/mol. The molecule has 0 saturated heterocycles. The quantitative estimate of drug-likeness (QED) is 0.861. The number of nitrogens with zero attached hydrogens (tertiary/aromatic N) is 2. The van der Waals surface area contributed by atoms with Crippen molar-refractivity contribution >= 4 is 39.1 Å². The van der Waals surface area contributed by atoms with Crippen LogP contribution in [-0.2, 0) is 11.3 Å². The van der Waals surface area contributed by atoms with Crippen LogP contribution in [0.3, 0.4) is 0 Å². The van der Waals surface area contributed by atoms with Crippen molar-refractivity contribution < 1.29 is 9.84 Å². The number of hydrogen-bond acceptors (Lipinski definition) is 3. The number of aliphatic hydroxyl groups excluding tert-OH is 1. The fourth-order valence-electron chi connectivity index (χ4n) is 1.87. The molecular weight excluding hydrogens is 367 g/mol. The summed E-state index contributed by atoms with van der Waals surface area (Å²) >= 11 is 15.5. The smallest absolute Gasteiger partial charge is 0.123 e. The zero-order valence-electron chi connectivity index (χ0n) is 10.7. The lowest BCUT2D eigenvalue weighted by molar-refractivity contribution is 0.171. The van der Waals surface area contributed by atoms with Crippen LogP contribution in [0.4, 0.5) is 0 Å². The fourth-order valence-corrected chi connectivity index (χ4v) is 2.76. The van der Waals surface area contributed by atoms with Crippen molar-refractivity contribution in [3.8, 4) is 0 Å². The van der Waals surface area contributed by atoms with Crippen molar-refractivity contribution in [2.45, 2.75) is 12.6 Å². The van der Waals surface area contributed by atoms with E-state index in [1.165, 1.54) is 6.20 Å². The molecule has 0 aliphatic carbocycles. The molecule has 0 radical (unpaired) electrons. The molecule has 2 aromatic rings. The molecule has 0 fully saturated rings. The van der Waals surface area contributed by atoms with Gasteiger partial charge in [-0.1, -0.05) is 39.1 Å². The van der Waals surface area contributed by atoms with E-state index < -0.39 is 6.10 Å². The lowest BCUT2D eigenvalue weighted by atomic mass is 10.1. The number of ether oxygens (including phenoxy) is 1. The first-order chi connectivity index (χ1) is 9.54. The Morgan fingerprint density at radius 2 is 2.20 bits per heavy atom. The summed E-state index contributed by atoms with van der Waals surface area (Å²) in [5.74, 6) is 0. The lowest BCUT2D eigenvalue weighted by Crippen LogP contribution is -2.14. The molecule has 1 aromatic carbocycles. The second kappa shape index (κ2) is 6.91. The van der Waals surface area contributed by atoms with Gasteiger partial charge in [0, 0.05) is 22.2 Å². The zero-order chi connectivity index (χ0) is 14.7. The van der Waals surface area contributed by atoms with Crippen molar-refractivity contribution in [2.75, 3.05) is 13.7 Å². The maximum Gasteiger partial charge on any atom is 0.123 e. The van der Waals surface area contributed by atoms with Gasteiger partial charge in [0.25, 0.3) is 0 Å². The predicted octanol–water partition coefficient (Wildman–Crippen LogP) is 3.68. The van der Waals surface area contributed by atoms with Crippen LogP contribution in [0.5, 0.6) is 0 Å². The molecule has 1 heterocycles. The van der Waals surface area contributed by atoms with Gasteiger partial charge in [-0.2, -0.15) is 5.10 Å². The van der Waals surface area contributed by atoms with E-state index in [9.17, 15) is 5.11 Å². The highest BCUT2D eigenvalue weighted by Gasteiger charge is 2.22. The van der Waals surface area contributed by atoms with Gasteiger partial charge in [-0.15, -0.1) is 0 Å². The van der Waals surface area contributed by atoms with Crippen LogP contribution in [0.25, 0.3) is 0 Å². The molecule has 0 aliphatic rings. The number of aromatic nitrogens is 2. The summed E-state index contributed by atoms with van der Waals surface area (Å²) in [5.41, 5.74) is 1.16. The molecule has 7 heteroatoms. The summed E-state index contributed by atoms with van der Waals surface area (Å²) < 4.78 is 7.41. The van der Waals surface area contributed by atoms with E-state index in [-0.39, 0.29) is 0 Å². The maximum absolute atomic E-state index is 10.6. The second-order valence-corrected chi connectivity index (χ2v) is 5.86. The largest absolute Gasteiger partial charge is 0.383 e. The van der Waals surface area contributed by atoms with Gasteiger partial charge in [-0.05, 0) is 18.2 Å². The average Bonchev–Trinajstić information content (AvgIpc) is 2.79. The molecule has 0 bridgehead atoms. The summed E-state index contributed by atoms with van der Waals surface area (Å²) in [6.07, 6.45) is 0.587. The van der Waals surface area contributed by atoms with Gasteiger partial charge < -0.3 is 9.84 Å². The molecule has 2 rings (SSSR count). The third-order valence-corrected chi connectivity index (χ3v) is 4.10. The SMILES string of the molecule is COCCn1ncc(Cl)c1C(O)c1cc(Cl)ccc1Br. The highest BCUT2D eigenvalue weighted by molar-refractivity contribution is 9.10. The summed E-state index contributed by atoms with van der Waals surface area (Å²) in [4.78, 5) is 0. The van der Waals surface area contributed by atoms with E-state index >= 15 is 0 Å². The minimum absolute atomic E-state index is 0.403. The van der Waals surface area contributed by atoms with Gasteiger partial charge in [0.05, 0.1) is 30.1 Å². The first kappa shape index (κ1) is 15.8. The third-order valence-electron chi connectivity index (χ3n) is 2.85. The summed E-state index contributed by atoms with van der Waals surface area (Å²) in [5, 5.41) is 15.7. The Labute approximate surface area is 135 Å². The van der Waals surface area contributed by atoms with Gasteiger partial charge in [0.15, 0.2) is 0 Å². The Kier molecular flexibility index (Phi) is 5.46. The first-order valence-corrected chi connectivity index (χ1v) is 7.42. The van der Waals surface area contributed by atoms with Crippen LogP contribution in [0.15, 0.2) is 28.9 Å². The van der Waals surface area contributed by atoms with Gasteiger partial charge >= 0.3 is 0 Å². The van der Waals surface area contributed by atoms with E-state index in [4.69, 9.17) is 27.9 Å². The molecule has 0 spiro atoms. The summed E-state index contributed by atoms with van der Waals surface area (Å²) in [6, 6.07) is 5.22. The maximum atomic E-state index is 10.6. The Bertz CT molecular complexity index is 604. The normalized spacial score (nSPS) is 12.7. The molecule has 20 heavy (non-hydrogen) atoms. The molecule has 0 amide bonds. The molecule has 1 atom stereocenters. The van der Waals surface area contributed by atoms with Crippen LogP contribution < -0.4 is 0 Å². The van der Waals surface area contributed by atoms with Crippen LogP contribution >= 0.6 is 39.1 Å². The summed E-state index contributed by atoms with van der Waals surface area (Å²) in [6.45, 7) is 0.988. The molecule has 0 saturated carbocycles. The zero-order valence-corrected chi connectivity index (χ0v) is 13.8. The van der Waals surface area contributed by atoms with Crippen molar-refractivity contribution in [2.24, 2.45) is 0 Å². The fraction of sp³-hybridized carbons (Fsp3) is 0.308. The monoisotopic (exact) mass is 378 g/mol. The molecule has 0 aliphatic heterocycles. The lowest BCUT2D eigenvalue weighted by Gasteiger charge is -2.16. The van der Waals surface area contributed by atoms with Gasteiger partial charge in [0.1, 0.15) is 6.10 Å². The van der Waals surface area contributed by atoms with Crippen molar-refractivity contribution in [3.05, 3.63) is 50.2 Å². The third kappa shape index (κ3) is 3.35. The second-order valence-electron chi connectivity index (χ2n) is 4.16. The topological polar surface area (TPSA) is 47.3 Å². The van der Waals surface area contributed by atoms with E-state index in [0.29, 0.717) is 34.5 Å². The van der Waals surface area contributed by atoms with E-state index in [1.54, 1.807) is 30.0 Å². The number of halogens is 3. The van der Waals surface area contributed by atoms with Crippen LogP contribution in [-0.4, -0.2) is 28.6 Å². The molecular formula is C13H13BrCl2N2O2. The Morgan fingerprint density at radius 1 is 1.45 bits per heavy atom. The van der Waals surface area contributed by atoms with Crippen molar-refractivity contribution in [1.82, 2.24) is 9.78 Å². The minimum atomic E-state index is -0.921. The Balaban J connectivity index is 2.39. The predicted molar refractivity (Wildman–Crippen MR) is 82.3 cm³/mol. The van der Waals surface area contributed by atoms with Gasteiger partial charge in [-0.3, -0.25) is 4.68 Å². The Morgan fingerprint density at radius 3 is 2.90 bits per heavy atom. The summed E-state index contributed by atoms with van der Waals surface area (Å²) in [7, 11) is 1.61. The van der Waals surface area contributed by atoms with Gasteiger partial charge in [-0.25, -0.2) is 0 Å². The number of hydrogen-bond donors (Lipinski definition) is 1. The van der Waals surface area contributed by atoms with Crippen LogP contribution in [0, 0.1) is 0 Å². The van der Waals surface area contributed by atoms with Crippen molar-refractivity contribution in [1.29, 1.82) is 0 Å². The number of methoxy groups -OCH3 is 1. The number of aliphatic hydroxyl groups is 1. The van der Waals surface area contributed by atoms with E-state index in [0.717, 1.165) is 4.47 Å². The van der Waals surface area contributed by atoms with Crippen LogP contribution in [0.1, 0.15) is 17.4 Å². The standard InChI is InChI=1S/C13H13BrCl2N2O2/c1-20-5-4-18-12(11(16)7-17-18)13(19)9-6-8(15)2-3-10(9)14/h2-3,6-7,13,19H,4-5H2,1H3. The highest BCUT2D eigenvalue weighted by Crippen LogP contribution is 2.33. The molecule has 1 N–H and O–H groups in total. The molecule has 108 valence electrons. The van der Waals surface area contributed by atoms with E-state index in [1.807, 2.05) is 0 Å². The molecule has 4 nitrogen and oxygen atoms in total. The van der Waals surface area contributed by atoms with Crippen LogP contribution in [0.2, 0.25) is 10.0 Å². The first-order valence-electron chi connectivity index (χ1n) is 5.87. The minimum Gasteiger partial charge on any atom is -0.383 e. The molecule has 1 aromatic heterocycles. The number of rotatable bonds is 5.